The minimum absolute atomic E-state index is 0.198. The van der Waals surface area contributed by atoms with Crippen molar-refractivity contribution in [3.05, 3.63) is 48.3 Å². The number of aryl methyl sites for hydroxylation is 1. The van der Waals surface area contributed by atoms with Crippen molar-refractivity contribution in [3.63, 3.8) is 0 Å². The molecule has 26 heavy (non-hydrogen) atoms. The molecular weight excluding hydrogens is 354 g/mol. The minimum Gasteiger partial charge on any atom is -0.378 e. The van der Waals surface area contributed by atoms with Gasteiger partial charge in [0.1, 0.15) is 5.82 Å². The fourth-order valence-corrected chi connectivity index (χ4v) is 3.98. The van der Waals surface area contributed by atoms with Gasteiger partial charge in [-0.05, 0) is 37.3 Å². The lowest BCUT2D eigenvalue weighted by Gasteiger charge is -2.28. The Bertz CT molecular complexity index is 1020. The molecule has 1 aliphatic rings. The molecule has 1 aromatic carbocycles. The van der Waals surface area contributed by atoms with E-state index in [0.717, 1.165) is 24.5 Å². The van der Waals surface area contributed by atoms with Crippen LogP contribution in [0.5, 0.6) is 0 Å². The van der Waals surface area contributed by atoms with Crippen molar-refractivity contribution in [2.45, 2.75) is 11.8 Å². The molecule has 0 atom stereocenters. The number of benzene rings is 1. The summed E-state index contributed by atoms with van der Waals surface area (Å²) in [7, 11) is -3.72. The van der Waals surface area contributed by atoms with Gasteiger partial charge in [-0.15, -0.1) is 0 Å². The largest absolute Gasteiger partial charge is 0.378 e. The summed E-state index contributed by atoms with van der Waals surface area (Å²) in [6, 6.07) is 10.2. The van der Waals surface area contributed by atoms with Crippen LogP contribution in [0.15, 0.2) is 47.5 Å². The summed E-state index contributed by atoms with van der Waals surface area (Å²) in [5.41, 5.74) is 2.34. The van der Waals surface area contributed by atoms with E-state index >= 15 is 0 Å². The molecule has 3 heterocycles. The van der Waals surface area contributed by atoms with Crippen LogP contribution in [0, 0.1) is 6.92 Å². The molecular formula is C17H19N5O3S. The number of rotatable bonds is 4. The number of sulfonamides is 1. The molecule has 1 aliphatic heterocycles. The van der Waals surface area contributed by atoms with Gasteiger partial charge in [-0.1, -0.05) is 0 Å². The zero-order valence-electron chi connectivity index (χ0n) is 14.3. The molecule has 1 saturated heterocycles. The lowest BCUT2D eigenvalue weighted by Crippen LogP contribution is -2.36. The Morgan fingerprint density at radius 3 is 2.58 bits per heavy atom. The number of nitrogens with one attached hydrogen (secondary N) is 1. The third kappa shape index (κ3) is 3.23. The van der Waals surface area contributed by atoms with Crippen LogP contribution in [0.3, 0.4) is 0 Å². The molecule has 0 spiro atoms. The van der Waals surface area contributed by atoms with Crippen molar-refractivity contribution in [2.75, 3.05) is 35.9 Å². The molecule has 8 nitrogen and oxygen atoms in total. The van der Waals surface area contributed by atoms with Gasteiger partial charge in [-0.25, -0.2) is 13.4 Å². The number of anilines is 2. The molecule has 0 aliphatic carbocycles. The summed E-state index contributed by atoms with van der Waals surface area (Å²) in [6.45, 7) is 4.80. The first kappa shape index (κ1) is 16.8. The highest BCUT2D eigenvalue weighted by Crippen LogP contribution is 2.21. The van der Waals surface area contributed by atoms with E-state index in [1.165, 1.54) is 4.52 Å². The van der Waals surface area contributed by atoms with E-state index in [9.17, 15) is 8.42 Å². The molecule has 9 heteroatoms. The highest BCUT2D eigenvalue weighted by atomic mass is 32.2. The number of aromatic nitrogens is 3. The van der Waals surface area contributed by atoms with Gasteiger partial charge in [-0.2, -0.15) is 9.61 Å². The summed E-state index contributed by atoms with van der Waals surface area (Å²) in [6.07, 6.45) is 1.55. The normalized spacial score (nSPS) is 15.3. The van der Waals surface area contributed by atoms with Crippen molar-refractivity contribution in [1.29, 1.82) is 0 Å². The SMILES string of the molecule is Cc1cc2nccc(NS(=O)(=O)c3ccc(N4CCOCC4)cc3)n2n1. The molecule has 4 rings (SSSR count). The number of nitrogens with zero attached hydrogens (tertiary/aromatic N) is 4. The van der Waals surface area contributed by atoms with Gasteiger partial charge < -0.3 is 9.64 Å². The molecule has 1 N–H and O–H groups in total. The van der Waals surface area contributed by atoms with Crippen LogP contribution >= 0.6 is 0 Å². The minimum atomic E-state index is -3.72. The van der Waals surface area contributed by atoms with Gasteiger partial charge >= 0.3 is 0 Å². The molecule has 1 fully saturated rings. The maximum absolute atomic E-state index is 12.7. The van der Waals surface area contributed by atoms with E-state index < -0.39 is 10.0 Å². The van der Waals surface area contributed by atoms with Gasteiger partial charge in [-0.3, -0.25) is 4.72 Å². The predicted molar refractivity (Wildman–Crippen MR) is 98.0 cm³/mol. The van der Waals surface area contributed by atoms with Gasteiger partial charge in [0.15, 0.2) is 5.65 Å². The first-order valence-electron chi connectivity index (χ1n) is 8.30. The van der Waals surface area contributed by atoms with Crippen molar-refractivity contribution in [1.82, 2.24) is 14.6 Å². The summed E-state index contributed by atoms with van der Waals surface area (Å²) in [5, 5.41) is 4.27. The first-order chi connectivity index (χ1) is 12.5. The Kier molecular flexibility index (Phi) is 4.25. The van der Waals surface area contributed by atoms with Crippen LogP contribution in [-0.2, 0) is 14.8 Å². The van der Waals surface area contributed by atoms with Gasteiger partial charge in [0.05, 0.1) is 23.8 Å². The standard InChI is InChI=1S/C17H19N5O3S/c1-13-12-17-18-7-6-16(22(17)19-13)20-26(23,24)15-4-2-14(3-5-15)21-8-10-25-11-9-21/h2-7,12,20H,8-11H2,1H3. The van der Waals surface area contributed by atoms with E-state index in [1.54, 1.807) is 30.5 Å². The Labute approximate surface area is 151 Å². The first-order valence-corrected chi connectivity index (χ1v) is 9.78. The lowest BCUT2D eigenvalue weighted by molar-refractivity contribution is 0.122. The monoisotopic (exact) mass is 373 g/mol. The van der Waals surface area contributed by atoms with Crippen LogP contribution in [-0.4, -0.2) is 49.3 Å². The third-order valence-electron chi connectivity index (χ3n) is 4.24. The van der Waals surface area contributed by atoms with E-state index in [2.05, 4.69) is 19.7 Å². The number of hydrogen-bond donors (Lipinski definition) is 1. The molecule has 0 saturated carbocycles. The second-order valence-electron chi connectivity index (χ2n) is 6.08. The predicted octanol–water partition coefficient (Wildman–Crippen LogP) is 1.68. The Balaban J connectivity index is 1.59. The highest BCUT2D eigenvalue weighted by molar-refractivity contribution is 7.92. The van der Waals surface area contributed by atoms with E-state index in [0.29, 0.717) is 24.7 Å². The zero-order chi connectivity index (χ0) is 18.1. The number of fused-ring (bicyclic) bond motifs is 1. The van der Waals surface area contributed by atoms with Gasteiger partial charge in [0, 0.05) is 31.0 Å². The highest BCUT2D eigenvalue weighted by Gasteiger charge is 2.18. The van der Waals surface area contributed by atoms with Crippen LogP contribution in [0.1, 0.15) is 5.69 Å². The van der Waals surface area contributed by atoms with Crippen molar-refractivity contribution in [2.24, 2.45) is 0 Å². The number of ether oxygens (including phenoxy) is 1. The van der Waals surface area contributed by atoms with Crippen molar-refractivity contribution in [3.8, 4) is 0 Å². The summed E-state index contributed by atoms with van der Waals surface area (Å²) >= 11 is 0. The topological polar surface area (TPSA) is 88.8 Å². The van der Waals surface area contributed by atoms with Crippen LogP contribution in [0.2, 0.25) is 0 Å². The van der Waals surface area contributed by atoms with E-state index in [-0.39, 0.29) is 4.90 Å². The maximum Gasteiger partial charge on any atom is 0.263 e. The fraction of sp³-hybridized carbons (Fsp3) is 0.294. The van der Waals surface area contributed by atoms with Crippen LogP contribution in [0.4, 0.5) is 11.5 Å². The molecule has 0 bridgehead atoms. The summed E-state index contributed by atoms with van der Waals surface area (Å²) in [5.74, 6) is 0.348. The quantitative estimate of drug-likeness (QED) is 0.748. The Morgan fingerprint density at radius 1 is 1.12 bits per heavy atom. The third-order valence-corrected chi connectivity index (χ3v) is 5.61. The zero-order valence-corrected chi connectivity index (χ0v) is 15.1. The average molecular weight is 373 g/mol. The molecule has 136 valence electrons. The molecule has 2 aromatic heterocycles. The second-order valence-corrected chi connectivity index (χ2v) is 7.77. The average Bonchev–Trinajstić information content (AvgIpc) is 3.04. The summed E-state index contributed by atoms with van der Waals surface area (Å²) < 4.78 is 34.9. The van der Waals surface area contributed by atoms with E-state index in [1.807, 2.05) is 19.1 Å². The van der Waals surface area contributed by atoms with E-state index in [4.69, 9.17) is 4.74 Å². The Morgan fingerprint density at radius 2 is 1.85 bits per heavy atom. The molecule has 0 radical (unpaired) electrons. The number of hydrogen-bond acceptors (Lipinski definition) is 6. The van der Waals surface area contributed by atoms with Gasteiger partial charge in [0.2, 0.25) is 0 Å². The smallest absolute Gasteiger partial charge is 0.263 e. The van der Waals surface area contributed by atoms with Crippen LogP contribution in [0.25, 0.3) is 5.65 Å². The second kappa shape index (κ2) is 6.58. The fourth-order valence-electron chi connectivity index (χ4n) is 2.94. The molecule has 0 unspecified atom stereocenters. The van der Waals surface area contributed by atoms with Crippen molar-refractivity contribution < 1.29 is 13.2 Å². The maximum atomic E-state index is 12.7. The molecule has 0 amide bonds. The summed E-state index contributed by atoms with van der Waals surface area (Å²) in [4.78, 5) is 6.55. The van der Waals surface area contributed by atoms with Crippen LogP contribution < -0.4 is 9.62 Å². The molecule has 3 aromatic rings. The number of morpholine rings is 1. The lowest BCUT2D eigenvalue weighted by atomic mass is 10.2. The Hall–Kier alpha value is -2.65. The van der Waals surface area contributed by atoms with Gasteiger partial charge in [0.25, 0.3) is 10.0 Å². The van der Waals surface area contributed by atoms with Crippen molar-refractivity contribution >= 4 is 27.2 Å².